The Labute approximate surface area is 110 Å². The second-order valence-corrected chi connectivity index (χ2v) is 5.75. The smallest absolute Gasteiger partial charge is 0.128 e. The van der Waals surface area contributed by atoms with Gasteiger partial charge in [-0.05, 0) is 30.7 Å². The van der Waals surface area contributed by atoms with Gasteiger partial charge in [-0.2, -0.15) is 0 Å². The van der Waals surface area contributed by atoms with Crippen LogP contribution in [0.15, 0.2) is 6.20 Å². The zero-order chi connectivity index (χ0) is 12.4. The Morgan fingerprint density at radius 2 is 2.17 bits per heavy atom. The highest BCUT2D eigenvalue weighted by Gasteiger charge is 2.22. The average Bonchev–Trinajstić information content (AvgIpc) is 2.90. The van der Waals surface area contributed by atoms with Crippen LogP contribution in [0.3, 0.4) is 0 Å². The molecule has 1 aromatic rings. The molecule has 0 bridgehead atoms. The van der Waals surface area contributed by atoms with Gasteiger partial charge in [-0.3, -0.25) is 4.90 Å². The van der Waals surface area contributed by atoms with Crippen LogP contribution in [-0.4, -0.2) is 28.0 Å². The maximum absolute atomic E-state index is 4.70. The van der Waals surface area contributed by atoms with Gasteiger partial charge in [0, 0.05) is 32.3 Å². The monoisotopic (exact) mass is 245 g/mol. The van der Waals surface area contributed by atoms with Gasteiger partial charge in [0.15, 0.2) is 0 Å². The van der Waals surface area contributed by atoms with Crippen LogP contribution >= 0.6 is 0 Å². The Hall–Kier alpha value is -0.960. The Morgan fingerprint density at radius 3 is 2.94 bits per heavy atom. The van der Waals surface area contributed by atoms with E-state index in [1.54, 1.807) is 0 Å². The highest BCUT2D eigenvalue weighted by Crippen LogP contribution is 2.27. The second kappa shape index (κ2) is 5.35. The Bertz CT molecular complexity index is 410. The molecule has 1 aliphatic carbocycles. The van der Waals surface area contributed by atoms with Gasteiger partial charge in [0.2, 0.25) is 0 Å². The van der Waals surface area contributed by atoms with Crippen LogP contribution in [0.2, 0.25) is 0 Å². The summed E-state index contributed by atoms with van der Waals surface area (Å²) in [5.74, 6) is 1.94. The van der Waals surface area contributed by atoms with Crippen molar-refractivity contribution < 1.29 is 0 Å². The van der Waals surface area contributed by atoms with Crippen molar-refractivity contribution in [3.05, 3.63) is 23.3 Å². The number of aryl methyl sites for hydroxylation is 1. The van der Waals surface area contributed by atoms with E-state index in [0.29, 0.717) is 0 Å². The lowest BCUT2D eigenvalue weighted by molar-refractivity contribution is 0.211. The van der Waals surface area contributed by atoms with Crippen LogP contribution in [0.5, 0.6) is 0 Å². The number of fused-ring (bicyclic) bond motifs is 1. The fraction of sp³-hybridized carbons (Fsp3) is 0.733. The van der Waals surface area contributed by atoms with Crippen LogP contribution in [0.25, 0.3) is 0 Å². The summed E-state index contributed by atoms with van der Waals surface area (Å²) in [5.41, 5.74) is 2.65. The highest BCUT2D eigenvalue weighted by atomic mass is 15.1. The van der Waals surface area contributed by atoms with Gasteiger partial charge in [-0.25, -0.2) is 9.97 Å². The maximum Gasteiger partial charge on any atom is 0.128 e. The highest BCUT2D eigenvalue weighted by molar-refractivity contribution is 5.20. The first-order valence-electron chi connectivity index (χ1n) is 7.41. The molecule has 1 fully saturated rings. The third kappa shape index (κ3) is 2.56. The summed E-state index contributed by atoms with van der Waals surface area (Å²) in [4.78, 5) is 11.7. The zero-order valence-electron chi connectivity index (χ0n) is 11.4. The van der Waals surface area contributed by atoms with Gasteiger partial charge < -0.3 is 0 Å². The molecule has 3 rings (SSSR count). The van der Waals surface area contributed by atoms with Crippen molar-refractivity contribution in [1.29, 1.82) is 0 Å². The lowest BCUT2D eigenvalue weighted by atomic mass is 10.0. The van der Waals surface area contributed by atoms with E-state index in [9.17, 15) is 0 Å². The standard InChI is InChI=1S/C15H23N3/c1-2-15-16-9-13-7-8-18(11-14(13)17-15)10-12-5-3-4-6-12/h9,12H,2-8,10-11H2,1H3. The third-order valence-corrected chi connectivity index (χ3v) is 4.38. The van der Waals surface area contributed by atoms with Crippen LogP contribution in [0.4, 0.5) is 0 Å². The van der Waals surface area contributed by atoms with Gasteiger partial charge >= 0.3 is 0 Å². The summed E-state index contributed by atoms with van der Waals surface area (Å²) >= 11 is 0. The normalized spacial score (nSPS) is 21.2. The van der Waals surface area contributed by atoms with E-state index in [1.807, 2.05) is 6.20 Å². The molecule has 3 nitrogen and oxygen atoms in total. The molecular weight excluding hydrogens is 222 g/mol. The topological polar surface area (TPSA) is 29.0 Å². The lowest BCUT2D eigenvalue weighted by Gasteiger charge is -2.30. The van der Waals surface area contributed by atoms with Gasteiger partial charge in [0.05, 0.1) is 5.69 Å². The van der Waals surface area contributed by atoms with Crippen molar-refractivity contribution in [3.63, 3.8) is 0 Å². The average molecular weight is 245 g/mol. The van der Waals surface area contributed by atoms with E-state index >= 15 is 0 Å². The largest absolute Gasteiger partial charge is 0.297 e. The maximum atomic E-state index is 4.70. The number of nitrogens with zero attached hydrogens (tertiary/aromatic N) is 3. The molecule has 0 atom stereocenters. The van der Waals surface area contributed by atoms with Crippen LogP contribution in [0.1, 0.15) is 49.7 Å². The van der Waals surface area contributed by atoms with E-state index < -0.39 is 0 Å². The number of hydrogen-bond donors (Lipinski definition) is 0. The number of rotatable bonds is 3. The molecule has 0 unspecified atom stereocenters. The predicted octanol–water partition coefficient (Wildman–Crippen LogP) is 2.59. The van der Waals surface area contributed by atoms with Gasteiger partial charge in [-0.15, -0.1) is 0 Å². The number of aromatic nitrogens is 2. The molecule has 0 aromatic carbocycles. The molecule has 1 aromatic heterocycles. The molecule has 0 N–H and O–H groups in total. The molecule has 2 heterocycles. The SMILES string of the molecule is CCc1ncc2c(n1)CN(CC1CCCC1)CC2. The summed E-state index contributed by atoms with van der Waals surface area (Å²) in [6, 6.07) is 0. The first kappa shape index (κ1) is 12.1. The molecular formula is C15H23N3. The minimum atomic E-state index is 0.940. The molecule has 3 heteroatoms. The van der Waals surface area contributed by atoms with Crippen molar-refractivity contribution >= 4 is 0 Å². The quantitative estimate of drug-likeness (QED) is 0.819. The fourth-order valence-electron chi connectivity index (χ4n) is 3.28. The Balaban J connectivity index is 1.67. The van der Waals surface area contributed by atoms with Gasteiger partial charge in [0.25, 0.3) is 0 Å². The molecule has 98 valence electrons. The Morgan fingerprint density at radius 1 is 1.33 bits per heavy atom. The van der Waals surface area contributed by atoms with E-state index in [1.165, 1.54) is 50.0 Å². The molecule has 18 heavy (non-hydrogen) atoms. The van der Waals surface area contributed by atoms with E-state index in [4.69, 9.17) is 4.98 Å². The van der Waals surface area contributed by atoms with Crippen LogP contribution in [0, 0.1) is 5.92 Å². The van der Waals surface area contributed by atoms with Crippen LogP contribution in [-0.2, 0) is 19.4 Å². The third-order valence-electron chi connectivity index (χ3n) is 4.38. The summed E-state index contributed by atoms with van der Waals surface area (Å²) in [6.45, 7) is 5.64. The summed E-state index contributed by atoms with van der Waals surface area (Å²) < 4.78 is 0. The van der Waals surface area contributed by atoms with Gasteiger partial charge in [-0.1, -0.05) is 19.8 Å². The minimum Gasteiger partial charge on any atom is -0.297 e. The van der Waals surface area contributed by atoms with Crippen molar-refractivity contribution in [3.8, 4) is 0 Å². The fourth-order valence-corrected chi connectivity index (χ4v) is 3.28. The van der Waals surface area contributed by atoms with Crippen molar-refractivity contribution in [2.45, 2.75) is 52.0 Å². The van der Waals surface area contributed by atoms with Crippen molar-refractivity contribution in [2.75, 3.05) is 13.1 Å². The molecule has 2 aliphatic rings. The van der Waals surface area contributed by atoms with E-state index in [-0.39, 0.29) is 0 Å². The molecule has 0 spiro atoms. The van der Waals surface area contributed by atoms with Crippen LogP contribution < -0.4 is 0 Å². The first-order chi connectivity index (χ1) is 8.85. The summed E-state index contributed by atoms with van der Waals surface area (Å²) in [5, 5.41) is 0. The lowest BCUT2D eigenvalue weighted by Crippen LogP contribution is -2.34. The van der Waals surface area contributed by atoms with E-state index in [2.05, 4.69) is 16.8 Å². The molecule has 0 radical (unpaired) electrons. The predicted molar refractivity (Wildman–Crippen MR) is 72.3 cm³/mol. The van der Waals surface area contributed by atoms with Crippen molar-refractivity contribution in [1.82, 2.24) is 14.9 Å². The van der Waals surface area contributed by atoms with Gasteiger partial charge in [0.1, 0.15) is 5.82 Å². The second-order valence-electron chi connectivity index (χ2n) is 5.75. The summed E-state index contributed by atoms with van der Waals surface area (Å²) in [6.07, 6.45) is 9.88. The molecule has 0 saturated heterocycles. The minimum absolute atomic E-state index is 0.940. The zero-order valence-corrected chi connectivity index (χ0v) is 11.4. The van der Waals surface area contributed by atoms with E-state index in [0.717, 1.165) is 31.1 Å². The van der Waals surface area contributed by atoms with Crippen molar-refractivity contribution in [2.24, 2.45) is 5.92 Å². The Kier molecular flexibility index (Phi) is 3.59. The number of hydrogen-bond acceptors (Lipinski definition) is 3. The molecule has 1 saturated carbocycles. The molecule has 1 aliphatic heterocycles. The first-order valence-corrected chi connectivity index (χ1v) is 7.41. The molecule has 0 amide bonds. The summed E-state index contributed by atoms with van der Waals surface area (Å²) in [7, 11) is 0.